The lowest BCUT2D eigenvalue weighted by molar-refractivity contribution is -0.137. The normalized spacial score (nSPS) is 27.2. The number of halogens is 4. The average molecular weight is 531 g/mol. The van der Waals surface area contributed by atoms with Gasteiger partial charge in [-0.3, -0.25) is 0 Å². The molecule has 0 radical (unpaired) electrons. The molecule has 1 saturated carbocycles. The number of ether oxygens (including phenoxy) is 3. The van der Waals surface area contributed by atoms with Crippen molar-refractivity contribution >= 4 is 0 Å². The van der Waals surface area contributed by atoms with Crippen molar-refractivity contribution in [1.29, 1.82) is 0 Å². The highest BCUT2D eigenvalue weighted by Crippen LogP contribution is 2.58. The Labute approximate surface area is 219 Å². The molecule has 8 heteroatoms. The van der Waals surface area contributed by atoms with Gasteiger partial charge in [0.25, 0.3) is 0 Å². The van der Waals surface area contributed by atoms with E-state index in [-0.39, 0.29) is 42.0 Å². The first kappa shape index (κ1) is 26.7. The van der Waals surface area contributed by atoms with Crippen LogP contribution in [-0.2, 0) is 27.9 Å². The number of methoxy groups -OCH3 is 1. The molecule has 1 heterocycles. The molecular weight excluding hydrogens is 500 g/mol. The van der Waals surface area contributed by atoms with Crippen molar-refractivity contribution in [3.63, 3.8) is 0 Å². The Morgan fingerprint density at radius 2 is 1.76 bits per heavy atom. The third-order valence-corrected chi connectivity index (χ3v) is 7.87. The van der Waals surface area contributed by atoms with Crippen LogP contribution in [0.25, 0.3) is 0 Å². The number of rotatable bonds is 7. The highest BCUT2D eigenvalue weighted by atomic mass is 19.4. The Morgan fingerprint density at radius 1 is 1.03 bits per heavy atom. The lowest BCUT2D eigenvalue weighted by Crippen LogP contribution is -2.36. The van der Waals surface area contributed by atoms with E-state index in [0.717, 1.165) is 29.7 Å². The van der Waals surface area contributed by atoms with Crippen molar-refractivity contribution in [2.45, 2.75) is 49.2 Å². The SMILES string of the molecule is COc1ccc(C(F)(F)F)cc1[C@]1(O)CO[C@]2(CC[C@H](COCc3ccccc3)[C@H]2c2ccc(F)cc2)C1. The van der Waals surface area contributed by atoms with Crippen molar-refractivity contribution in [2.75, 3.05) is 20.3 Å². The second-order valence-corrected chi connectivity index (χ2v) is 10.3. The summed E-state index contributed by atoms with van der Waals surface area (Å²) in [5, 5.41) is 11.7. The van der Waals surface area contributed by atoms with Crippen LogP contribution in [-0.4, -0.2) is 31.0 Å². The van der Waals surface area contributed by atoms with Crippen molar-refractivity contribution in [3.05, 3.63) is 101 Å². The molecule has 3 aromatic carbocycles. The molecule has 1 saturated heterocycles. The zero-order valence-corrected chi connectivity index (χ0v) is 21.0. The molecule has 1 aliphatic carbocycles. The Bertz CT molecular complexity index is 1250. The molecule has 1 aliphatic heterocycles. The maximum Gasteiger partial charge on any atom is 0.416 e. The summed E-state index contributed by atoms with van der Waals surface area (Å²) >= 11 is 0. The summed E-state index contributed by atoms with van der Waals surface area (Å²) < 4.78 is 72.1. The van der Waals surface area contributed by atoms with Crippen LogP contribution in [0.2, 0.25) is 0 Å². The summed E-state index contributed by atoms with van der Waals surface area (Å²) in [4.78, 5) is 0. The molecule has 2 aliphatic rings. The maximum atomic E-state index is 13.8. The number of benzene rings is 3. The third kappa shape index (κ3) is 5.17. The van der Waals surface area contributed by atoms with Gasteiger partial charge in [0.1, 0.15) is 17.2 Å². The van der Waals surface area contributed by atoms with Gasteiger partial charge in [0, 0.05) is 17.9 Å². The van der Waals surface area contributed by atoms with Gasteiger partial charge in [-0.05, 0) is 60.2 Å². The molecule has 4 nitrogen and oxygen atoms in total. The molecule has 0 aromatic heterocycles. The fourth-order valence-corrected chi connectivity index (χ4v) is 6.15. The first-order valence-corrected chi connectivity index (χ1v) is 12.6. The van der Waals surface area contributed by atoms with E-state index in [2.05, 4.69) is 0 Å². The van der Waals surface area contributed by atoms with Crippen LogP contribution in [0.3, 0.4) is 0 Å². The minimum absolute atomic E-state index is 0.00919. The van der Waals surface area contributed by atoms with Crippen LogP contribution in [0.5, 0.6) is 5.75 Å². The number of hydrogen-bond acceptors (Lipinski definition) is 4. The van der Waals surface area contributed by atoms with Crippen LogP contribution in [0.15, 0.2) is 72.8 Å². The van der Waals surface area contributed by atoms with Gasteiger partial charge in [0.2, 0.25) is 0 Å². The first-order chi connectivity index (χ1) is 18.1. The van der Waals surface area contributed by atoms with Crippen molar-refractivity contribution in [2.24, 2.45) is 5.92 Å². The summed E-state index contributed by atoms with van der Waals surface area (Å²) in [7, 11) is 1.36. The highest BCUT2D eigenvalue weighted by molar-refractivity contribution is 5.44. The van der Waals surface area contributed by atoms with E-state index >= 15 is 0 Å². The largest absolute Gasteiger partial charge is 0.496 e. The summed E-state index contributed by atoms with van der Waals surface area (Å²) in [6.07, 6.45) is -3.18. The molecule has 1 N–H and O–H groups in total. The molecule has 4 atom stereocenters. The molecule has 38 heavy (non-hydrogen) atoms. The van der Waals surface area contributed by atoms with Gasteiger partial charge in [-0.15, -0.1) is 0 Å². The lowest BCUT2D eigenvalue weighted by atomic mass is 9.75. The zero-order valence-electron chi connectivity index (χ0n) is 21.0. The van der Waals surface area contributed by atoms with Crippen molar-refractivity contribution in [3.8, 4) is 5.75 Å². The Balaban J connectivity index is 1.44. The lowest BCUT2D eigenvalue weighted by Gasteiger charge is -2.35. The van der Waals surface area contributed by atoms with E-state index < -0.39 is 22.9 Å². The number of hydrogen-bond donors (Lipinski definition) is 1. The molecule has 1 spiro atoms. The van der Waals surface area contributed by atoms with E-state index in [9.17, 15) is 22.7 Å². The minimum atomic E-state index is -4.57. The summed E-state index contributed by atoms with van der Waals surface area (Å²) in [5.41, 5.74) is -1.47. The van der Waals surface area contributed by atoms with Gasteiger partial charge in [0.15, 0.2) is 0 Å². The number of alkyl halides is 3. The van der Waals surface area contributed by atoms with Crippen molar-refractivity contribution < 1.29 is 36.9 Å². The molecule has 0 unspecified atom stereocenters. The van der Waals surface area contributed by atoms with E-state index in [0.29, 0.717) is 19.6 Å². The predicted molar refractivity (Wildman–Crippen MR) is 133 cm³/mol. The monoisotopic (exact) mass is 530 g/mol. The van der Waals surface area contributed by atoms with Gasteiger partial charge < -0.3 is 19.3 Å². The van der Waals surface area contributed by atoms with Crippen LogP contribution in [0.4, 0.5) is 17.6 Å². The average Bonchev–Trinajstić information content (AvgIpc) is 3.44. The molecule has 3 aromatic rings. The van der Waals surface area contributed by atoms with E-state index in [4.69, 9.17) is 14.2 Å². The van der Waals surface area contributed by atoms with Gasteiger partial charge >= 0.3 is 6.18 Å². The summed E-state index contributed by atoms with van der Waals surface area (Å²) in [6.45, 7) is 0.681. The quantitative estimate of drug-likeness (QED) is 0.349. The molecule has 5 rings (SSSR count). The van der Waals surface area contributed by atoms with Gasteiger partial charge in [-0.25, -0.2) is 4.39 Å². The van der Waals surface area contributed by atoms with Crippen LogP contribution in [0, 0.1) is 11.7 Å². The molecule has 202 valence electrons. The molecule has 2 fully saturated rings. The van der Waals surface area contributed by atoms with Crippen LogP contribution >= 0.6 is 0 Å². The highest BCUT2D eigenvalue weighted by Gasteiger charge is 2.59. The first-order valence-electron chi connectivity index (χ1n) is 12.6. The fraction of sp³-hybridized carbons (Fsp3) is 0.400. The van der Waals surface area contributed by atoms with Gasteiger partial charge in [0.05, 0.1) is 38.1 Å². The predicted octanol–water partition coefficient (Wildman–Crippen LogP) is 6.61. The minimum Gasteiger partial charge on any atom is -0.496 e. The maximum absolute atomic E-state index is 13.8. The topological polar surface area (TPSA) is 47.9 Å². The number of aliphatic hydroxyl groups is 1. The second kappa shape index (κ2) is 10.3. The Morgan fingerprint density at radius 3 is 2.45 bits per heavy atom. The third-order valence-electron chi connectivity index (χ3n) is 7.87. The Kier molecular flexibility index (Phi) is 7.24. The van der Waals surface area contributed by atoms with E-state index in [1.807, 2.05) is 30.3 Å². The molecule has 0 bridgehead atoms. The van der Waals surface area contributed by atoms with Gasteiger partial charge in [-0.1, -0.05) is 42.5 Å². The van der Waals surface area contributed by atoms with Crippen molar-refractivity contribution in [1.82, 2.24) is 0 Å². The zero-order chi connectivity index (χ0) is 27.0. The van der Waals surface area contributed by atoms with E-state index in [1.54, 1.807) is 12.1 Å². The van der Waals surface area contributed by atoms with E-state index in [1.165, 1.54) is 25.3 Å². The summed E-state index contributed by atoms with van der Waals surface area (Å²) in [5.74, 6) is -0.435. The van der Waals surface area contributed by atoms with Crippen LogP contribution < -0.4 is 4.74 Å². The standard InChI is InChI=1S/C30H30F4O4/c1-36-26-12-9-23(30(32,33)34)15-25(26)28(35)18-29(38-19-28)14-13-22(17-37-16-20-5-3-2-4-6-20)27(29)21-7-10-24(31)11-8-21/h2-12,15,22,27,35H,13-14,16-19H2,1H3/t22-,27-,28-,29-/m1/s1. The molecule has 0 amide bonds. The summed E-state index contributed by atoms with van der Waals surface area (Å²) in [6, 6.07) is 19.1. The van der Waals surface area contributed by atoms with Crippen LogP contribution in [0.1, 0.15) is 47.4 Å². The molecular formula is C30H30F4O4. The smallest absolute Gasteiger partial charge is 0.416 e. The second-order valence-electron chi connectivity index (χ2n) is 10.3. The fourth-order valence-electron chi connectivity index (χ4n) is 6.15. The Hall–Kier alpha value is -2.94. The van der Waals surface area contributed by atoms with Gasteiger partial charge in [-0.2, -0.15) is 13.2 Å².